The Hall–Kier alpha value is -0.850. The molecule has 0 aliphatic carbocycles. The Morgan fingerprint density at radius 2 is 2.18 bits per heavy atom. The third-order valence-corrected chi connectivity index (χ3v) is 3.23. The molecule has 0 spiro atoms. The van der Waals surface area contributed by atoms with Gasteiger partial charge in [-0.3, -0.25) is 0 Å². The van der Waals surface area contributed by atoms with Gasteiger partial charge < -0.3 is 24.6 Å². The number of aliphatic hydroxyl groups excluding tert-OH is 1. The molecule has 1 fully saturated rings. The second-order valence-corrected chi connectivity index (χ2v) is 4.30. The molecule has 1 saturated heterocycles. The lowest BCUT2D eigenvalue weighted by Crippen LogP contribution is -2.38. The monoisotopic (exact) mass is 247 g/mol. The summed E-state index contributed by atoms with van der Waals surface area (Å²) in [5.74, 6) is 0.0126. The standard InChI is InChI=1S/C11H21NO5/c1-8-9(7-13)12(11(14)15)6-10(8)17-5-3-4-16-2/h8-10,13H,3-7H2,1-2H3,(H,14,15). The zero-order valence-corrected chi connectivity index (χ0v) is 10.3. The molecule has 6 nitrogen and oxygen atoms in total. The van der Waals surface area contributed by atoms with Crippen LogP contribution in [0.15, 0.2) is 0 Å². The third kappa shape index (κ3) is 3.55. The van der Waals surface area contributed by atoms with E-state index in [9.17, 15) is 9.90 Å². The van der Waals surface area contributed by atoms with Crippen molar-refractivity contribution in [3.63, 3.8) is 0 Å². The molecule has 0 bridgehead atoms. The lowest BCUT2D eigenvalue weighted by atomic mass is 10.0. The number of hydrogen-bond donors (Lipinski definition) is 2. The van der Waals surface area contributed by atoms with Crippen molar-refractivity contribution >= 4 is 6.09 Å². The summed E-state index contributed by atoms with van der Waals surface area (Å²) in [5, 5.41) is 18.2. The Labute approximate surface area is 101 Å². The Kier molecular flexibility index (Phi) is 5.67. The lowest BCUT2D eigenvalue weighted by molar-refractivity contribution is 0.0235. The summed E-state index contributed by atoms with van der Waals surface area (Å²) in [6.45, 7) is 3.26. The van der Waals surface area contributed by atoms with Crippen LogP contribution in [0.1, 0.15) is 13.3 Å². The number of carbonyl (C=O) groups is 1. The van der Waals surface area contributed by atoms with Crippen LogP contribution in [0.2, 0.25) is 0 Å². The molecule has 2 N–H and O–H groups in total. The summed E-state index contributed by atoms with van der Waals surface area (Å²) in [5.41, 5.74) is 0. The van der Waals surface area contributed by atoms with Gasteiger partial charge in [-0.25, -0.2) is 4.79 Å². The molecule has 1 aliphatic heterocycles. The molecule has 17 heavy (non-hydrogen) atoms. The average molecular weight is 247 g/mol. The highest BCUT2D eigenvalue weighted by atomic mass is 16.5. The fraction of sp³-hybridized carbons (Fsp3) is 0.909. The van der Waals surface area contributed by atoms with Crippen LogP contribution in [0.4, 0.5) is 4.79 Å². The molecule has 0 radical (unpaired) electrons. The zero-order valence-electron chi connectivity index (χ0n) is 10.3. The van der Waals surface area contributed by atoms with Crippen LogP contribution >= 0.6 is 0 Å². The van der Waals surface area contributed by atoms with Crippen LogP contribution in [0, 0.1) is 5.92 Å². The maximum atomic E-state index is 11.0. The van der Waals surface area contributed by atoms with Crippen LogP contribution in [0.5, 0.6) is 0 Å². The van der Waals surface area contributed by atoms with E-state index in [2.05, 4.69) is 0 Å². The largest absolute Gasteiger partial charge is 0.465 e. The van der Waals surface area contributed by atoms with Crippen molar-refractivity contribution in [3.05, 3.63) is 0 Å². The first-order chi connectivity index (χ1) is 8.11. The van der Waals surface area contributed by atoms with E-state index in [1.807, 2.05) is 6.92 Å². The Bertz CT molecular complexity index is 248. The van der Waals surface area contributed by atoms with Crippen molar-refractivity contribution in [2.75, 3.05) is 33.5 Å². The molecular formula is C11H21NO5. The number of carboxylic acid groups (broad SMARTS) is 1. The van der Waals surface area contributed by atoms with Gasteiger partial charge in [0.25, 0.3) is 0 Å². The quantitative estimate of drug-likeness (QED) is 0.664. The number of hydrogen-bond acceptors (Lipinski definition) is 4. The predicted molar refractivity (Wildman–Crippen MR) is 61.0 cm³/mol. The minimum absolute atomic E-state index is 0.0126. The smallest absolute Gasteiger partial charge is 0.407 e. The minimum Gasteiger partial charge on any atom is -0.465 e. The molecule has 3 atom stereocenters. The van der Waals surface area contributed by atoms with E-state index in [-0.39, 0.29) is 24.7 Å². The lowest BCUT2D eigenvalue weighted by Gasteiger charge is -2.21. The van der Waals surface area contributed by atoms with E-state index >= 15 is 0 Å². The van der Waals surface area contributed by atoms with Crippen LogP contribution in [-0.2, 0) is 9.47 Å². The maximum Gasteiger partial charge on any atom is 0.407 e. The normalized spacial score (nSPS) is 28.6. The van der Waals surface area contributed by atoms with Crippen molar-refractivity contribution in [3.8, 4) is 0 Å². The van der Waals surface area contributed by atoms with Gasteiger partial charge in [0.05, 0.1) is 25.3 Å². The first kappa shape index (κ1) is 14.2. The Morgan fingerprint density at radius 1 is 1.47 bits per heavy atom. The molecule has 0 saturated carbocycles. The van der Waals surface area contributed by atoms with E-state index < -0.39 is 6.09 Å². The molecule has 1 heterocycles. The highest BCUT2D eigenvalue weighted by Gasteiger charge is 2.41. The van der Waals surface area contributed by atoms with Gasteiger partial charge in [0.15, 0.2) is 0 Å². The molecule has 1 amide bonds. The fourth-order valence-electron chi connectivity index (χ4n) is 2.15. The highest BCUT2D eigenvalue weighted by molar-refractivity contribution is 5.66. The average Bonchev–Trinajstić information content (AvgIpc) is 2.62. The summed E-state index contributed by atoms with van der Waals surface area (Å²) in [4.78, 5) is 12.2. The molecule has 0 aromatic carbocycles. The van der Waals surface area contributed by atoms with Gasteiger partial charge in [-0.15, -0.1) is 0 Å². The summed E-state index contributed by atoms with van der Waals surface area (Å²) in [6, 6.07) is -0.361. The number of ether oxygens (including phenoxy) is 2. The zero-order chi connectivity index (χ0) is 12.8. The van der Waals surface area contributed by atoms with Gasteiger partial charge in [-0.1, -0.05) is 6.92 Å². The van der Waals surface area contributed by atoms with Gasteiger partial charge in [-0.2, -0.15) is 0 Å². The van der Waals surface area contributed by atoms with Crippen LogP contribution in [0.3, 0.4) is 0 Å². The number of nitrogens with zero attached hydrogens (tertiary/aromatic N) is 1. The second kappa shape index (κ2) is 6.78. The predicted octanol–water partition coefficient (Wildman–Crippen LogP) is 0.399. The molecular weight excluding hydrogens is 226 g/mol. The number of rotatable bonds is 6. The van der Waals surface area contributed by atoms with Gasteiger partial charge >= 0.3 is 6.09 Å². The minimum atomic E-state index is -1.00. The summed E-state index contributed by atoms with van der Waals surface area (Å²) in [7, 11) is 1.63. The van der Waals surface area contributed by atoms with Gasteiger partial charge in [0, 0.05) is 26.2 Å². The van der Waals surface area contributed by atoms with E-state index in [1.165, 1.54) is 4.90 Å². The van der Waals surface area contributed by atoms with Gasteiger partial charge in [0.2, 0.25) is 0 Å². The summed E-state index contributed by atoms with van der Waals surface area (Å²) < 4.78 is 10.5. The van der Waals surface area contributed by atoms with E-state index in [1.54, 1.807) is 7.11 Å². The molecule has 1 rings (SSSR count). The summed E-state index contributed by atoms with van der Waals surface area (Å²) >= 11 is 0. The van der Waals surface area contributed by atoms with Crippen molar-refractivity contribution in [1.29, 1.82) is 0 Å². The van der Waals surface area contributed by atoms with E-state index in [0.29, 0.717) is 19.8 Å². The van der Waals surface area contributed by atoms with Crippen LogP contribution in [-0.4, -0.2) is 66.8 Å². The van der Waals surface area contributed by atoms with Gasteiger partial charge in [-0.05, 0) is 6.42 Å². The fourth-order valence-corrected chi connectivity index (χ4v) is 2.15. The van der Waals surface area contributed by atoms with Crippen molar-refractivity contribution in [2.24, 2.45) is 5.92 Å². The van der Waals surface area contributed by atoms with Crippen molar-refractivity contribution in [2.45, 2.75) is 25.5 Å². The number of aliphatic hydroxyl groups is 1. The Morgan fingerprint density at radius 3 is 2.65 bits per heavy atom. The Balaban J connectivity index is 2.44. The number of methoxy groups -OCH3 is 1. The van der Waals surface area contributed by atoms with Gasteiger partial charge in [0.1, 0.15) is 0 Å². The summed E-state index contributed by atoms with van der Waals surface area (Å²) in [6.07, 6.45) is -0.352. The number of likely N-dealkylation sites (tertiary alicyclic amines) is 1. The molecule has 100 valence electrons. The molecule has 6 heteroatoms. The van der Waals surface area contributed by atoms with Crippen molar-refractivity contribution in [1.82, 2.24) is 4.90 Å². The molecule has 0 aromatic heterocycles. The highest BCUT2D eigenvalue weighted by Crippen LogP contribution is 2.26. The van der Waals surface area contributed by atoms with Crippen molar-refractivity contribution < 1.29 is 24.5 Å². The van der Waals surface area contributed by atoms with Crippen LogP contribution in [0.25, 0.3) is 0 Å². The molecule has 0 aromatic rings. The second-order valence-electron chi connectivity index (χ2n) is 4.30. The SMILES string of the molecule is COCCCOC1CN(C(=O)O)C(CO)C1C. The first-order valence-corrected chi connectivity index (χ1v) is 5.82. The number of amides is 1. The molecule has 3 unspecified atom stereocenters. The molecule has 1 aliphatic rings. The van der Waals surface area contributed by atoms with Crippen LogP contribution < -0.4 is 0 Å². The topological polar surface area (TPSA) is 79.2 Å². The van der Waals surface area contributed by atoms with E-state index in [0.717, 1.165) is 6.42 Å². The van der Waals surface area contributed by atoms with E-state index in [4.69, 9.17) is 14.6 Å². The first-order valence-electron chi connectivity index (χ1n) is 5.82. The third-order valence-electron chi connectivity index (χ3n) is 3.23. The maximum absolute atomic E-state index is 11.0.